The van der Waals surface area contributed by atoms with Gasteiger partial charge in [-0.1, -0.05) is 133 Å². The second kappa shape index (κ2) is 17.3. The van der Waals surface area contributed by atoms with Gasteiger partial charge in [-0.15, -0.1) is 0 Å². The number of hydrogen-bond acceptors (Lipinski definition) is 1. The Morgan fingerprint density at radius 2 is 0.637 bits per heavy atom. The molecule has 0 aliphatic carbocycles. The number of alkyl halides is 6. The van der Waals surface area contributed by atoms with Crippen LogP contribution >= 0.6 is 0 Å². The van der Waals surface area contributed by atoms with Crippen molar-refractivity contribution in [3.63, 3.8) is 0 Å². The molecule has 11 aromatic carbocycles. The van der Waals surface area contributed by atoms with Gasteiger partial charge < -0.3 is 18.3 Å². The summed E-state index contributed by atoms with van der Waals surface area (Å²) in [6.07, 6.45) is -10.5. The average molecular weight is 1050 g/mol. The molecule has 0 radical (unpaired) electrons. The maximum Gasteiger partial charge on any atom is 0.417 e. The lowest BCUT2D eigenvalue weighted by Crippen LogP contribution is -2.15. The lowest BCUT2D eigenvalue weighted by atomic mass is 9.85. The van der Waals surface area contributed by atoms with Gasteiger partial charge in [0.1, 0.15) is 0 Å². The predicted molar refractivity (Wildman–Crippen MR) is 309 cm³/mol. The molecule has 0 unspecified atom stereocenters. The Kier molecular flexibility index (Phi) is 10.2. The van der Waals surface area contributed by atoms with Crippen LogP contribution in [0.3, 0.4) is 0 Å². The van der Waals surface area contributed by atoms with Crippen molar-refractivity contribution in [3.05, 3.63) is 253 Å². The van der Waals surface area contributed by atoms with E-state index >= 15 is 26.3 Å². The van der Waals surface area contributed by atoms with Crippen LogP contribution in [0.25, 0.3) is 132 Å². The number of fused-ring (bicyclic) bond motifs is 12. The van der Waals surface area contributed by atoms with Crippen molar-refractivity contribution in [2.75, 3.05) is 0 Å². The van der Waals surface area contributed by atoms with E-state index in [1.807, 2.05) is 143 Å². The number of rotatable bonds is 6. The van der Waals surface area contributed by atoms with Crippen molar-refractivity contribution < 1.29 is 26.3 Å². The molecule has 0 N–H and O–H groups in total. The lowest BCUT2D eigenvalue weighted by molar-refractivity contribution is -0.142. The second-order valence-electron chi connectivity index (χ2n) is 20.1. The Labute approximate surface area is 451 Å². The third kappa shape index (κ3) is 6.85. The molecular formula is C69H39F6N5. The minimum atomic E-state index is -5.24. The highest BCUT2D eigenvalue weighted by atomic mass is 19.4. The van der Waals surface area contributed by atoms with Crippen molar-refractivity contribution in [2.24, 2.45) is 0 Å². The topological polar surface area (TPSA) is 43.5 Å². The first-order valence-electron chi connectivity index (χ1n) is 26.0. The van der Waals surface area contributed by atoms with E-state index in [0.29, 0.717) is 39.9 Å². The van der Waals surface area contributed by atoms with Crippen LogP contribution in [0.5, 0.6) is 0 Å². The molecular weight excluding hydrogens is 1010 g/mol. The monoisotopic (exact) mass is 1050 g/mol. The number of benzene rings is 11. The number of hydrogen-bond donors (Lipinski definition) is 0. The van der Waals surface area contributed by atoms with Gasteiger partial charge in [0.05, 0.1) is 78.3 Å². The van der Waals surface area contributed by atoms with Crippen LogP contribution in [0.1, 0.15) is 16.7 Å². The van der Waals surface area contributed by atoms with Crippen molar-refractivity contribution in [2.45, 2.75) is 12.4 Å². The average Bonchev–Trinajstić information content (AvgIpc) is 3.54. The summed E-state index contributed by atoms with van der Waals surface area (Å²) in [6, 6.07) is 74.2. The number of aromatic nitrogens is 4. The fraction of sp³-hybridized carbons (Fsp3) is 0.0290. The number of para-hydroxylation sites is 6. The van der Waals surface area contributed by atoms with Crippen molar-refractivity contribution in [3.8, 4) is 51.1 Å². The summed E-state index contributed by atoms with van der Waals surface area (Å²) >= 11 is 0. The van der Waals surface area contributed by atoms with E-state index in [1.54, 1.807) is 24.3 Å². The third-order valence-electron chi connectivity index (χ3n) is 15.8. The molecule has 0 bridgehead atoms. The van der Waals surface area contributed by atoms with E-state index in [4.69, 9.17) is 0 Å². The van der Waals surface area contributed by atoms with Crippen LogP contribution in [0, 0.1) is 11.3 Å². The molecule has 0 amide bonds. The maximum atomic E-state index is 15.8. The number of halogens is 6. The molecule has 0 fully saturated rings. The highest BCUT2D eigenvalue weighted by Crippen LogP contribution is 2.52. The molecule has 0 saturated heterocycles. The summed E-state index contributed by atoms with van der Waals surface area (Å²) in [5.41, 5.74) is 4.60. The Bertz CT molecular complexity index is 5070. The molecule has 15 rings (SSSR count). The van der Waals surface area contributed by atoms with Crippen LogP contribution in [-0.4, -0.2) is 18.3 Å². The molecule has 0 saturated carbocycles. The van der Waals surface area contributed by atoms with Gasteiger partial charge in [-0.3, -0.25) is 0 Å². The molecule has 11 heteroatoms. The van der Waals surface area contributed by atoms with Gasteiger partial charge >= 0.3 is 12.4 Å². The highest BCUT2D eigenvalue weighted by molar-refractivity contribution is 6.21. The summed E-state index contributed by atoms with van der Waals surface area (Å²) < 4.78 is 103. The summed E-state index contributed by atoms with van der Waals surface area (Å²) in [5, 5.41) is 18.8. The Morgan fingerprint density at radius 3 is 1.05 bits per heavy atom. The molecule has 4 aromatic heterocycles. The number of nitrogens with zero attached hydrogens (tertiary/aromatic N) is 5. The Morgan fingerprint density at radius 1 is 0.287 bits per heavy atom. The Hall–Kier alpha value is -10.3. The molecule has 15 aromatic rings. The van der Waals surface area contributed by atoms with E-state index in [9.17, 15) is 5.26 Å². The van der Waals surface area contributed by atoms with E-state index in [2.05, 4.69) is 63.7 Å². The molecule has 0 aliphatic rings. The minimum absolute atomic E-state index is 0.00129. The highest BCUT2D eigenvalue weighted by Gasteiger charge is 2.42. The predicted octanol–water partition coefficient (Wildman–Crippen LogP) is 19.3. The van der Waals surface area contributed by atoms with E-state index in [1.165, 1.54) is 12.1 Å². The first-order chi connectivity index (χ1) is 39.0. The first-order valence-corrected chi connectivity index (χ1v) is 26.0. The van der Waals surface area contributed by atoms with Crippen LogP contribution in [0.15, 0.2) is 237 Å². The molecule has 80 heavy (non-hydrogen) atoms. The smallest absolute Gasteiger partial charge is 0.309 e. The van der Waals surface area contributed by atoms with Gasteiger partial charge in [0.15, 0.2) is 0 Å². The maximum absolute atomic E-state index is 15.8. The van der Waals surface area contributed by atoms with Gasteiger partial charge in [0.25, 0.3) is 0 Å². The molecule has 4 heterocycles. The number of nitriles is 1. The lowest BCUT2D eigenvalue weighted by Gasteiger charge is -2.25. The van der Waals surface area contributed by atoms with Crippen LogP contribution in [0.2, 0.25) is 0 Å². The standard InChI is InChI=1S/C69H39F6N5/c70-68(71,72)53-28-17-29-54(69(73,74)75)66(53)48-27-16-35-60(80-58-33-14-10-26-47(58)52-37-50-45-24-8-12-31-56(45)78(62(50)39-64(52)80)43-21-5-2-6-22-43)67(48)65-41(40-76)18-15-34-59(65)79-57-32-13-9-25-46(57)51-36-49-44-23-7-11-30-55(44)77(61(49)38-63(51)79)42-19-3-1-4-20-42/h1-39H. The van der Waals surface area contributed by atoms with Gasteiger partial charge in [-0.2, -0.15) is 31.6 Å². The Balaban J connectivity index is 1.13. The normalized spacial score (nSPS) is 12.4. The first kappa shape index (κ1) is 46.9. The van der Waals surface area contributed by atoms with Gasteiger partial charge in [-0.05, 0) is 109 Å². The largest absolute Gasteiger partial charge is 0.417 e. The van der Waals surface area contributed by atoms with Crippen LogP contribution in [0.4, 0.5) is 26.3 Å². The fourth-order valence-electron chi connectivity index (χ4n) is 12.7. The minimum Gasteiger partial charge on any atom is -0.309 e. The SMILES string of the molecule is N#Cc1cccc(-n2c3ccccc3c3cc4c5ccccc5n(-c5ccccc5)c4cc32)c1-c1c(-c2c(C(F)(F)F)cccc2C(F)(F)F)cccc1-n1c2ccccc2c2cc3c4ccccc4n(-c4ccccc4)c3cc21. The summed E-state index contributed by atoms with van der Waals surface area (Å²) in [5.74, 6) is 0. The van der Waals surface area contributed by atoms with Crippen LogP contribution in [-0.2, 0) is 12.4 Å². The molecule has 0 aliphatic heterocycles. The van der Waals surface area contributed by atoms with E-state index in [-0.39, 0.29) is 27.9 Å². The van der Waals surface area contributed by atoms with Gasteiger partial charge in [0, 0.05) is 71.2 Å². The summed E-state index contributed by atoms with van der Waals surface area (Å²) in [7, 11) is 0. The third-order valence-corrected chi connectivity index (χ3v) is 15.8. The van der Waals surface area contributed by atoms with Crippen molar-refractivity contribution >= 4 is 87.2 Å². The quantitative estimate of drug-likeness (QED) is 0.153. The van der Waals surface area contributed by atoms with E-state index in [0.717, 1.165) is 82.6 Å². The zero-order valence-electron chi connectivity index (χ0n) is 42.0. The van der Waals surface area contributed by atoms with E-state index < -0.39 is 29.0 Å². The van der Waals surface area contributed by atoms with Gasteiger partial charge in [-0.25, -0.2) is 0 Å². The zero-order valence-corrected chi connectivity index (χ0v) is 42.0. The molecule has 382 valence electrons. The van der Waals surface area contributed by atoms with Crippen LogP contribution < -0.4 is 0 Å². The van der Waals surface area contributed by atoms with Gasteiger partial charge in [0.2, 0.25) is 0 Å². The summed E-state index contributed by atoms with van der Waals surface area (Å²) in [4.78, 5) is 0. The second-order valence-corrected chi connectivity index (χ2v) is 20.1. The fourth-order valence-corrected chi connectivity index (χ4v) is 12.7. The van der Waals surface area contributed by atoms with Crippen molar-refractivity contribution in [1.29, 1.82) is 5.26 Å². The zero-order chi connectivity index (χ0) is 54.2. The summed E-state index contributed by atoms with van der Waals surface area (Å²) in [6.45, 7) is 0. The molecule has 0 spiro atoms. The van der Waals surface area contributed by atoms with Crippen molar-refractivity contribution in [1.82, 2.24) is 18.3 Å². The molecule has 0 atom stereocenters. The molecule has 5 nitrogen and oxygen atoms in total.